The molecular formula is C12H12BrN3O3. The van der Waals surface area contributed by atoms with Crippen LogP contribution in [0.4, 0.5) is 4.79 Å². The maximum absolute atomic E-state index is 12.3. The van der Waals surface area contributed by atoms with Crippen LogP contribution in [0.5, 0.6) is 0 Å². The summed E-state index contributed by atoms with van der Waals surface area (Å²) in [4.78, 5) is 35.9. The second-order valence-electron chi connectivity index (χ2n) is 4.39. The number of imide groups is 1. The van der Waals surface area contributed by atoms with E-state index in [2.05, 4.69) is 21.2 Å². The van der Waals surface area contributed by atoms with Crippen molar-refractivity contribution in [3.05, 3.63) is 34.3 Å². The number of benzene rings is 1. The Morgan fingerprint density at radius 1 is 1.42 bits per heavy atom. The summed E-state index contributed by atoms with van der Waals surface area (Å²) in [7, 11) is 0. The quantitative estimate of drug-likeness (QED) is 0.801. The van der Waals surface area contributed by atoms with Crippen molar-refractivity contribution >= 4 is 33.8 Å². The van der Waals surface area contributed by atoms with E-state index in [-0.39, 0.29) is 0 Å². The van der Waals surface area contributed by atoms with E-state index >= 15 is 0 Å². The zero-order valence-electron chi connectivity index (χ0n) is 10.1. The molecule has 0 bridgehead atoms. The van der Waals surface area contributed by atoms with Gasteiger partial charge in [-0.15, -0.1) is 0 Å². The zero-order chi connectivity index (χ0) is 14.2. The van der Waals surface area contributed by atoms with Crippen molar-refractivity contribution in [1.82, 2.24) is 10.2 Å². The monoisotopic (exact) mass is 325 g/mol. The molecule has 1 fully saturated rings. The average molecular weight is 326 g/mol. The van der Waals surface area contributed by atoms with E-state index in [9.17, 15) is 14.4 Å². The van der Waals surface area contributed by atoms with Crippen molar-refractivity contribution < 1.29 is 14.4 Å². The molecule has 4 amide bonds. The van der Waals surface area contributed by atoms with E-state index in [1.54, 1.807) is 31.2 Å². The number of carbonyl (C=O) groups excluding carboxylic acids is 3. The number of primary amides is 1. The highest BCUT2D eigenvalue weighted by molar-refractivity contribution is 9.10. The van der Waals surface area contributed by atoms with Crippen molar-refractivity contribution in [1.29, 1.82) is 0 Å². The first-order chi connectivity index (χ1) is 8.86. The molecule has 2 rings (SSSR count). The van der Waals surface area contributed by atoms with Gasteiger partial charge < -0.3 is 11.1 Å². The SMILES string of the molecule is CC1(c2ccccc2Br)NC(=O)N(CC(N)=O)C1=O. The predicted octanol–water partition coefficient (Wildman–Crippen LogP) is 0.701. The molecule has 7 heteroatoms. The topological polar surface area (TPSA) is 92.5 Å². The molecule has 1 atom stereocenters. The van der Waals surface area contributed by atoms with Gasteiger partial charge >= 0.3 is 6.03 Å². The Bertz CT molecular complexity index is 575. The summed E-state index contributed by atoms with van der Waals surface area (Å²) in [5, 5.41) is 2.59. The van der Waals surface area contributed by atoms with Gasteiger partial charge in [-0.2, -0.15) is 0 Å². The lowest BCUT2D eigenvalue weighted by Crippen LogP contribution is -2.42. The molecule has 1 saturated heterocycles. The number of nitrogens with one attached hydrogen (secondary N) is 1. The van der Waals surface area contributed by atoms with Crippen LogP contribution in [-0.2, 0) is 15.1 Å². The summed E-state index contributed by atoms with van der Waals surface area (Å²) in [6, 6.07) is 6.45. The van der Waals surface area contributed by atoms with Gasteiger partial charge in [0.2, 0.25) is 5.91 Å². The molecule has 1 aromatic rings. The van der Waals surface area contributed by atoms with Crippen molar-refractivity contribution in [2.45, 2.75) is 12.5 Å². The number of nitrogens with two attached hydrogens (primary N) is 1. The van der Waals surface area contributed by atoms with Crippen LogP contribution in [0.2, 0.25) is 0 Å². The summed E-state index contributed by atoms with van der Waals surface area (Å²) in [5.74, 6) is -1.23. The number of hydrogen-bond donors (Lipinski definition) is 2. The second-order valence-corrected chi connectivity index (χ2v) is 5.25. The number of rotatable bonds is 3. The summed E-state index contributed by atoms with van der Waals surface area (Å²) < 4.78 is 0.701. The fraction of sp³-hybridized carbons (Fsp3) is 0.250. The van der Waals surface area contributed by atoms with Gasteiger partial charge in [-0.3, -0.25) is 14.5 Å². The molecule has 6 nitrogen and oxygen atoms in total. The molecule has 3 N–H and O–H groups in total. The van der Waals surface area contributed by atoms with Crippen LogP contribution in [0.25, 0.3) is 0 Å². The Morgan fingerprint density at radius 2 is 2.05 bits per heavy atom. The fourth-order valence-corrected chi connectivity index (χ4v) is 2.73. The minimum atomic E-state index is -1.20. The van der Waals surface area contributed by atoms with Crippen LogP contribution in [0.3, 0.4) is 0 Å². The molecule has 1 unspecified atom stereocenters. The smallest absolute Gasteiger partial charge is 0.325 e. The molecule has 1 aliphatic rings. The predicted molar refractivity (Wildman–Crippen MR) is 70.9 cm³/mol. The average Bonchev–Trinajstić information content (AvgIpc) is 2.54. The van der Waals surface area contributed by atoms with Gasteiger partial charge in [0.15, 0.2) is 0 Å². The van der Waals surface area contributed by atoms with Crippen LogP contribution < -0.4 is 11.1 Å². The summed E-state index contributed by atoms with van der Waals surface area (Å²) in [5.41, 5.74) is 4.46. The first-order valence-corrected chi connectivity index (χ1v) is 6.33. The number of amides is 4. The fourth-order valence-electron chi connectivity index (χ4n) is 2.05. The van der Waals surface area contributed by atoms with Crippen LogP contribution in [-0.4, -0.2) is 29.3 Å². The van der Waals surface area contributed by atoms with E-state index in [4.69, 9.17) is 5.73 Å². The summed E-state index contributed by atoms with van der Waals surface area (Å²) in [6.45, 7) is 1.17. The Labute approximate surface area is 118 Å². The third kappa shape index (κ3) is 2.21. The van der Waals surface area contributed by atoms with Gasteiger partial charge in [0, 0.05) is 10.0 Å². The molecule has 19 heavy (non-hydrogen) atoms. The van der Waals surface area contributed by atoms with Crippen LogP contribution >= 0.6 is 15.9 Å². The lowest BCUT2D eigenvalue weighted by Gasteiger charge is -2.23. The molecule has 1 aliphatic heterocycles. The van der Waals surface area contributed by atoms with Crippen molar-refractivity contribution in [2.24, 2.45) is 5.73 Å². The van der Waals surface area contributed by atoms with Gasteiger partial charge in [0.25, 0.3) is 5.91 Å². The Balaban J connectivity index is 2.41. The molecule has 1 aromatic carbocycles. The molecular weight excluding hydrogens is 314 g/mol. The molecule has 0 spiro atoms. The molecule has 0 aromatic heterocycles. The number of halogens is 1. The lowest BCUT2D eigenvalue weighted by atomic mass is 9.92. The number of urea groups is 1. The maximum Gasteiger partial charge on any atom is 0.325 e. The second kappa shape index (κ2) is 4.65. The van der Waals surface area contributed by atoms with Gasteiger partial charge in [-0.1, -0.05) is 34.1 Å². The van der Waals surface area contributed by atoms with Gasteiger partial charge in [0.1, 0.15) is 12.1 Å². The van der Waals surface area contributed by atoms with Crippen molar-refractivity contribution in [2.75, 3.05) is 6.54 Å². The van der Waals surface area contributed by atoms with E-state index < -0.39 is 29.9 Å². The molecule has 100 valence electrons. The first-order valence-electron chi connectivity index (χ1n) is 5.53. The van der Waals surface area contributed by atoms with Crippen LogP contribution in [0.15, 0.2) is 28.7 Å². The first kappa shape index (κ1) is 13.5. The Morgan fingerprint density at radius 3 is 2.63 bits per heavy atom. The van der Waals surface area contributed by atoms with Gasteiger partial charge in [0.05, 0.1) is 0 Å². The molecule has 0 saturated carbocycles. The largest absolute Gasteiger partial charge is 0.368 e. The minimum absolute atomic E-state index is 0.426. The molecule has 1 heterocycles. The molecule has 0 radical (unpaired) electrons. The number of carbonyl (C=O) groups is 3. The molecule has 0 aliphatic carbocycles. The van der Waals surface area contributed by atoms with Crippen LogP contribution in [0.1, 0.15) is 12.5 Å². The summed E-state index contributed by atoms with van der Waals surface area (Å²) >= 11 is 3.35. The third-order valence-corrected chi connectivity index (χ3v) is 3.69. The lowest BCUT2D eigenvalue weighted by molar-refractivity contribution is -0.134. The van der Waals surface area contributed by atoms with Gasteiger partial charge in [-0.25, -0.2) is 4.79 Å². The maximum atomic E-state index is 12.3. The number of nitrogens with zero attached hydrogens (tertiary/aromatic N) is 1. The standard InChI is InChI=1S/C12H12BrN3O3/c1-12(7-4-2-3-5-8(7)13)10(18)16(6-9(14)17)11(19)15-12/h2-5H,6H2,1H3,(H2,14,17)(H,15,19). The van der Waals surface area contributed by atoms with E-state index in [1.165, 1.54) is 0 Å². The Hall–Kier alpha value is -1.89. The van der Waals surface area contributed by atoms with Crippen LogP contribution in [0, 0.1) is 0 Å². The zero-order valence-corrected chi connectivity index (χ0v) is 11.7. The van der Waals surface area contributed by atoms with E-state index in [0.717, 1.165) is 4.90 Å². The van der Waals surface area contributed by atoms with Crippen molar-refractivity contribution in [3.8, 4) is 0 Å². The normalized spacial score (nSPS) is 22.5. The highest BCUT2D eigenvalue weighted by Gasteiger charge is 2.50. The highest BCUT2D eigenvalue weighted by Crippen LogP contribution is 2.33. The van der Waals surface area contributed by atoms with E-state index in [1.807, 2.05) is 0 Å². The van der Waals surface area contributed by atoms with Gasteiger partial charge in [-0.05, 0) is 13.0 Å². The third-order valence-electron chi connectivity index (χ3n) is 3.00. The number of hydrogen-bond acceptors (Lipinski definition) is 3. The highest BCUT2D eigenvalue weighted by atomic mass is 79.9. The minimum Gasteiger partial charge on any atom is -0.368 e. The van der Waals surface area contributed by atoms with E-state index in [0.29, 0.717) is 10.0 Å². The summed E-state index contributed by atoms with van der Waals surface area (Å²) in [6.07, 6.45) is 0. The van der Waals surface area contributed by atoms with Crippen molar-refractivity contribution in [3.63, 3.8) is 0 Å². The Kier molecular flexibility index (Phi) is 3.32.